The van der Waals surface area contributed by atoms with Gasteiger partial charge in [0, 0.05) is 48.2 Å². The lowest BCUT2D eigenvalue weighted by atomic mass is 10.2. The fraction of sp³-hybridized carbons (Fsp3) is 0.333. The fourth-order valence-corrected chi connectivity index (χ4v) is 4.12. The minimum atomic E-state index is -0.189. The van der Waals surface area contributed by atoms with Crippen molar-refractivity contribution in [1.29, 1.82) is 0 Å². The molecule has 3 aromatic rings. The second-order valence-electron chi connectivity index (χ2n) is 6.89. The lowest BCUT2D eigenvalue weighted by Gasteiger charge is -2.36. The number of piperazine rings is 1. The maximum absolute atomic E-state index is 13.1. The van der Waals surface area contributed by atoms with E-state index in [0.29, 0.717) is 16.1 Å². The van der Waals surface area contributed by atoms with Crippen LogP contribution in [0.4, 0.5) is 10.1 Å². The average molecular weight is 433 g/mol. The minimum absolute atomic E-state index is 0.189. The molecule has 2 heterocycles. The molecule has 152 valence electrons. The van der Waals surface area contributed by atoms with Crippen LogP contribution in [0, 0.1) is 5.82 Å². The molecule has 0 aliphatic carbocycles. The predicted molar refractivity (Wildman–Crippen MR) is 115 cm³/mol. The SMILES string of the molecule is Fc1ccc(N2CCN(CCCSc3nnc(-c4ccc(Cl)cc4)o3)CC2)cc1. The summed E-state index contributed by atoms with van der Waals surface area (Å²) < 4.78 is 18.8. The summed E-state index contributed by atoms with van der Waals surface area (Å²) in [6.07, 6.45) is 1.06. The summed E-state index contributed by atoms with van der Waals surface area (Å²) in [6, 6.07) is 14.1. The van der Waals surface area contributed by atoms with E-state index in [2.05, 4.69) is 20.0 Å². The summed E-state index contributed by atoms with van der Waals surface area (Å²) >= 11 is 7.49. The molecule has 0 atom stereocenters. The molecule has 0 N–H and O–H groups in total. The monoisotopic (exact) mass is 432 g/mol. The summed E-state index contributed by atoms with van der Waals surface area (Å²) in [6.45, 7) is 5.01. The molecule has 1 aliphatic rings. The van der Waals surface area contributed by atoms with Crippen LogP contribution >= 0.6 is 23.4 Å². The van der Waals surface area contributed by atoms with Crippen LogP contribution in [0.15, 0.2) is 58.2 Å². The number of thioether (sulfide) groups is 1. The van der Waals surface area contributed by atoms with Crippen LogP contribution in [0.2, 0.25) is 5.02 Å². The molecule has 5 nitrogen and oxygen atoms in total. The molecule has 0 spiro atoms. The number of aromatic nitrogens is 2. The maximum atomic E-state index is 13.1. The number of halogens is 2. The van der Waals surface area contributed by atoms with E-state index in [9.17, 15) is 4.39 Å². The highest BCUT2D eigenvalue weighted by molar-refractivity contribution is 7.99. The first-order valence-corrected chi connectivity index (χ1v) is 11.0. The van der Waals surface area contributed by atoms with Crippen molar-refractivity contribution in [1.82, 2.24) is 15.1 Å². The third-order valence-corrected chi connectivity index (χ3v) is 6.06. The molecular weight excluding hydrogens is 411 g/mol. The first-order valence-electron chi connectivity index (χ1n) is 9.62. The molecule has 0 radical (unpaired) electrons. The number of nitrogens with zero attached hydrogens (tertiary/aromatic N) is 4. The van der Waals surface area contributed by atoms with Crippen LogP contribution in [-0.2, 0) is 0 Å². The molecular formula is C21H22ClFN4OS. The van der Waals surface area contributed by atoms with Gasteiger partial charge in [0.1, 0.15) is 5.82 Å². The second kappa shape index (κ2) is 9.61. The Kier molecular flexibility index (Phi) is 6.69. The van der Waals surface area contributed by atoms with E-state index in [1.165, 1.54) is 12.1 Å². The van der Waals surface area contributed by atoms with E-state index in [0.717, 1.165) is 56.1 Å². The van der Waals surface area contributed by atoms with Crippen molar-refractivity contribution in [3.05, 3.63) is 59.4 Å². The number of hydrogen-bond donors (Lipinski definition) is 0. The van der Waals surface area contributed by atoms with E-state index in [1.54, 1.807) is 11.8 Å². The Morgan fingerprint density at radius 2 is 1.69 bits per heavy atom. The van der Waals surface area contributed by atoms with Gasteiger partial charge in [-0.2, -0.15) is 0 Å². The summed E-state index contributed by atoms with van der Waals surface area (Å²) in [4.78, 5) is 4.77. The largest absolute Gasteiger partial charge is 0.411 e. The van der Waals surface area contributed by atoms with Crippen molar-refractivity contribution < 1.29 is 8.81 Å². The van der Waals surface area contributed by atoms with Gasteiger partial charge in [0.2, 0.25) is 5.89 Å². The number of benzene rings is 2. The van der Waals surface area contributed by atoms with Gasteiger partial charge in [0.25, 0.3) is 5.22 Å². The van der Waals surface area contributed by atoms with Crippen LogP contribution in [0.25, 0.3) is 11.5 Å². The first kappa shape index (κ1) is 20.2. The van der Waals surface area contributed by atoms with Gasteiger partial charge >= 0.3 is 0 Å². The highest BCUT2D eigenvalue weighted by Crippen LogP contribution is 2.25. The highest BCUT2D eigenvalue weighted by atomic mass is 35.5. The molecule has 0 unspecified atom stereocenters. The quantitative estimate of drug-likeness (QED) is 0.393. The molecule has 4 rings (SSSR count). The average Bonchev–Trinajstić information content (AvgIpc) is 3.22. The lowest BCUT2D eigenvalue weighted by molar-refractivity contribution is 0.259. The zero-order valence-corrected chi connectivity index (χ0v) is 17.5. The van der Waals surface area contributed by atoms with E-state index in [1.807, 2.05) is 36.4 Å². The molecule has 8 heteroatoms. The molecule has 0 amide bonds. The summed E-state index contributed by atoms with van der Waals surface area (Å²) in [5.74, 6) is 1.26. The van der Waals surface area contributed by atoms with Crippen molar-refractivity contribution in [2.24, 2.45) is 0 Å². The van der Waals surface area contributed by atoms with Crippen molar-refractivity contribution in [2.75, 3.05) is 43.4 Å². The Morgan fingerprint density at radius 1 is 0.966 bits per heavy atom. The Balaban J connectivity index is 1.17. The van der Waals surface area contributed by atoms with E-state index in [-0.39, 0.29) is 5.82 Å². The van der Waals surface area contributed by atoms with Crippen LogP contribution in [0.3, 0.4) is 0 Å². The number of rotatable bonds is 7. The van der Waals surface area contributed by atoms with Gasteiger partial charge in [-0.05, 0) is 61.5 Å². The van der Waals surface area contributed by atoms with Crippen molar-refractivity contribution in [3.63, 3.8) is 0 Å². The molecule has 29 heavy (non-hydrogen) atoms. The Morgan fingerprint density at radius 3 is 2.41 bits per heavy atom. The Labute approximate surface area is 178 Å². The van der Waals surface area contributed by atoms with E-state index >= 15 is 0 Å². The molecule has 0 saturated carbocycles. The van der Waals surface area contributed by atoms with Gasteiger partial charge in [-0.25, -0.2) is 4.39 Å². The van der Waals surface area contributed by atoms with Gasteiger partial charge < -0.3 is 9.32 Å². The molecule has 1 saturated heterocycles. The third-order valence-electron chi connectivity index (χ3n) is 4.91. The number of anilines is 1. The van der Waals surface area contributed by atoms with Crippen molar-refractivity contribution in [2.45, 2.75) is 11.6 Å². The first-order chi connectivity index (χ1) is 14.2. The third kappa shape index (κ3) is 5.50. The van der Waals surface area contributed by atoms with E-state index in [4.69, 9.17) is 16.0 Å². The van der Waals surface area contributed by atoms with Crippen molar-refractivity contribution >= 4 is 29.1 Å². The predicted octanol–water partition coefficient (Wildman–Crippen LogP) is 4.83. The van der Waals surface area contributed by atoms with Gasteiger partial charge in [-0.15, -0.1) is 10.2 Å². The summed E-state index contributed by atoms with van der Waals surface area (Å²) in [7, 11) is 0. The summed E-state index contributed by atoms with van der Waals surface area (Å²) in [5.41, 5.74) is 1.96. The van der Waals surface area contributed by atoms with Crippen LogP contribution < -0.4 is 4.90 Å². The van der Waals surface area contributed by atoms with Crippen molar-refractivity contribution in [3.8, 4) is 11.5 Å². The second-order valence-corrected chi connectivity index (χ2v) is 8.37. The normalized spacial score (nSPS) is 15.0. The smallest absolute Gasteiger partial charge is 0.276 e. The Hall–Kier alpha value is -2.09. The molecule has 1 aliphatic heterocycles. The standard InChI is InChI=1S/C21H22ClFN4OS/c22-17-4-2-16(3-5-17)20-24-25-21(28-20)29-15-1-10-26-11-13-27(14-12-26)19-8-6-18(23)7-9-19/h2-9H,1,10-15H2. The fourth-order valence-electron chi connectivity index (χ4n) is 3.31. The van der Waals surface area contributed by atoms with Gasteiger partial charge in [-0.3, -0.25) is 4.90 Å². The van der Waals surface area contributed by atoms with Gasteiger partial charge in [0.15, 0.2) is 0 Å². The van der Waals surface area contributed by atoms with E-state index < -0.39 is 0 Å². The lowest BCUT2D eigenvalue weighted by Crippen LogP contribution is -2.46. The van der Waals surface area contributed by atoms with Crippen LogP contribution in [-0.4, -0.2) is 53.6 Å². The maximum Gasteiger partial charge on any atom is 0.276 e. The highest BCUT2D eigenvalue weighted by Gasteiger charge is 2.17. The van der Waals surface area contributed by atoms with Gasteiger partial charge in [-0.1, -0.05) is 23.4 Å². The van der Waals surface area contributed by atoms with Gasteiger partial charge in [0.05, 0.1) is 0 Å². The molecule has 2 aromatic carbocycles. The topological polar surface area (TPSA) is 45.4 Å². The molecule has 1 aromatic heterocycles. The summed E-state index contributed by atoms with van der Waals surface area (Å²) in [5, 5.41) is 9.50. The molecule has 1 fully saturated rings. The van der Waals surface area contributed by atoms with Crippen LogP contribution in [0.1, 0.15) is 6.42 Å². The zero-order valence-electron chi connectivity index (χ0n) is 15.9. The Bertz CT molecular complexity index is 911. The zero-order chi connectivity index (χ0) is 20.1. The minimum Gasteiger partial charge on any atom is -0.411 e. The number of hydrogen-bond acceptors (Lipinski definition) is 6. The van der Waals surface area contributed by atoms with Crippen LogP contribution in [0.5, 0.6) is 0 Å². The molecule has 0 bridgehead atoms.